The fourth-order valence-corrected chi connectivity index (χ4v) is 8.11. The van der Waals surface area contributed by atoms with Crippen molar-refractivity contribution in [2.24, 2.45) is 46.8 Å². The van der Waals surface area contributed by atoms with Gasteiger partial charge >= 0.3 is 11.9 Å². The second-order valence-corrected chi connectivity index (χ2v) is 12.2. The SMILES string of the molecule is CCC(C)(C)C(=O)OC1CC2CC1C1C3CC(CC3C(=O)OC3(C)CCCCC3)C21. The molecule has 0 spiro atoms. The lowest BCUT2D eigenvalue weighted by Crippen LogP contribution is -2.44. The highest BCUT2D eigenvalue weighted by atomic mass is 16.6. The lowest BCUT2D eigenvalue weighted by atomic mass is 9.66. The third-order valence-electron chi connectivity index (χ3n) is 10.0. The highest BCUT2D eigenvalue weighted by molar-refractivity contribution is 5.76. The molecule has 4 nitrogen and oxygen atoms in total. The van der Waals surface area contributed by atoms with Gasteiger partial charge in [0.15, 0.2) is 0 Å². The summed E-state index contributed by atoms with van der Waals surface area (Å²) in [5.41, 5.74) is -0.646. The zero-order chi connectivity index (χ0) is 21.3. The van der Waals surface area contributed by atoms with E-state index in [0.717, 1.165) is 38.0 Å². The average Bonchev–Trinajstić information content (AvgIpc) is 3.46. The number of carbonyl (C=O) groups is 2. The molecule has 5 aliphatic carbocycles. The quantitative estimate of drug-likeness (QED) is 0.437. The zero-order valence-corrected chi connectivity index (χ0v) is 19.3. The van der Waals surface area contributed by atoms with E-state index in [9.17, 15) is 9.59 Å². The van der Waals surface area contributed by atoms with Crippen molar-refractivity contribution in [3.05, 3.63) is 0 Å². The van der Waals surface area contributed by atoms with Gasteiger partial charge in [0.1, 0.15) is 11.7 Å². The minimum Gasteiger partial charge on any atom is -0.462 e. The second kappa shape index (κ2) is 7.24. The van der Waals surface area contributed by atoms with E-state index in [0.29, 0.717) is 29.6 Å². The Labute approximate surface area is 181 Å². The van der Waals surface area contributed by atoms with Crippen LogP contribution in [-0.2, 0) is 19.1 Å². The summed E-state index contributed by atoms with van der Waals surface area (Å²) in [6, 6.07) is 0. The summed E-state index contributed by atoms with van der Waals surface area (Å²) < 4.78 is 12.3. The molecule has 5 aliphatic rings. The molecule has 5 rings (SSSR count). The molecule has 8 unspecified atom stereocenters. The Morgan fingerprint density at radius 3 is 2.30 bits per heavy atom. The number of hydrogen-bond donors (Lipinski definition) is 0. The molecule has 4 heteroatoms. The average molecular weight is 417 g/mol. The topological polar surface area (TPSA) is 52.6 Å². The minimum atomic E-state index is -0.405. The molecule has 0 heterocycles. The van der Waals surface area contributed by atoms with Crippen LogP contribution >= 0.6 is 0 Å². The van der Waals surface area contributed by atoms with Gasteiger partial charge in [-0.2, -0.15) is 0 Å². The van der Waals surface area contributed by atoms with Crippen LogP contribution in [-0.4, -0.2) is 23.6 Å². The van der Waals surface area contributed by atoms with Crippen LogP contribution < -0.4 is 0 Å². The van der Waals surface area contributed by atoms with Crippen LogP contribution in [0.15, 0.2) is 0 Å². The largest absolute Gasteiger partial charge is 0.462 e. The second-order valence-electron chi connectivity index (χ2n) is 12.2. The van der Waals surface area contributed by atoms with Crippen molar-refractivity contribution in [1.29, 1.82) is 0 Å². The Hall–Kier alpha value is -1.06. The number of fused-ring (bicyclic) bond motifs is 9. The van der Waals surface area contributed by atoms with Gasteiger partial charge in [-0.25, -0.2) is 0 Å². The zero-order valence-electron chi connectivity index (χ0n) is 19.3. The van der Waals surface area contributed by atoms with Gasteiger partial charge in [-0.3, -0.25) is 9.59 Å². The van der Waals surface area contributed by atoms with Crippen LogP contribution in [0.1, 0.15) is 91.9 Å². The van der Waals surface area contributed by atoms with E-state index in [1.165, 1.54) is 32.1 Å². The number of hydrogen-bond acceptors (Lipinski definition) is 4. The standard InChI is InChI=1S/C26H40O4/c1-5-25(2,3)24(28)29-20-14-16-13-19(20)22-17-11-15(21(16)22)12-18(17)23(27)30-26(4)9-7-6-8-10-26/h15-22H,5-14H2,1-4H3. The molecule has 0 radical (unpaired) electrons. The Bertz CT molecular complexity index is 706. The third kappa shape index (κ3) is 3.23. The van der Waals surface area contributed by atoms with Crippen molar-refractivity contribution >= 4 is 11.9 Å². The maximum atomic E-state index is 13.2. The Kier molecular flexibility index (Phi) is 5.02. The van der Waals surface area contributed by atoms with Gasteiger partial charge in [0.25, 0.3) is 0 Å². The van der Waals surface area contributed by atoms with Gasteiger partial charge in [-0.15, -0.1) is 0 Å². The molecule has 0 saturated heterocycles. The van der Waals surface area contributed by atoms with E-state index >= 15 is 0 Å². The van der Waals surface area contributed by atoms with E-state index in [-0.39, 0.29) is 29.6 Å². The summed E-state index contributed by atoms with van der Waals surface area (Å²) in [7, 11) is 0. The van der Waals surface area contributed by atoms with Crippen LogP contribution in [0.4, 0.5) is 0 Å². The van der Waals surface area contributed by atoms with Crippen molar-refractivity contribution in [2.75, 3.05) is 0 Å². The van der Waals surface area contributed by atoms with Gasteiger partial charge in [0, 0.05) is 0 Å². The van der Waals surface area contributed by atoms with Crippen molar-refractivity contribution in [1.82, 2.24) is 0 Å². The van der Waals surface area contributed by atoms with Gasteiger partial charge in [-0.05, 0) is 114 Å². The summed E-state index contributed by atoms with van der Waals surface area (Å²) in [5.74, 6) is 3.77. The van der Waals surface area contributed by atoms with Crippen LogP contribution in [0.2, 0.25) is 0 Å². The van der Waals surface area contributed by atoms with Gasteiger partial charge in [0.05, 0.1) is 11.3 Å². The van der Waals surface area contributed by atoms with Crippen molar-refractivity contribution in [3.63, 3.8) is 0 Å². The van der Waals surface area contributed by atoms with Crippen molar-refractivity contribution in [3.8, 4) is 0 Å². The molecular formula is C26H40O4. The molecule has 5 fully saturated rings. The van der Waals surface area contributed by atoms with Crippen LogP contribution in [0, 0.1) is 46.8 Å². The lowest BCUT2D eigenvalue weighted by molar-refractivity contribution is -0.173. The molecule has 0 aromatic heterocycles. The maximum absolute atomic E-state index is 13.2. The predicted octanol–water partition coefficient (Wildman–Crippen LogP) is 5.53. The summed E-state index contributed by atoms with van der Waals surface area (Å²) in [5, 5.41) is 0. The Balaban J connectivity index is 1.26. The molecule has 8 atom stereocenters. The normalized spacial score (nSPS) is 43.5. The van der Waals surface area contributed by atoms with Crippen molar-refractivity contribution in [2.45, 2.75) is 104 Å². The lowest BCUT2D eigenvalue weighted by Gasteiger charge is -2.42. The maximum Gasteiger partial charge on any atom is 0.311 e. The number of esters is 2. The molecule has 168 valence electrons. The Morgan fingerprint density at radius 1 is 0.933 bits per heavy atom. The smallest absolute Gasteiger partial charge is 0.311 e. The summed E-state index contributed by atoms with van der Waals surface area (Å²) in [4.78, 5) is 25.9. The first-order chi connectivity index (χ1) is 14.2. The van der Waals surface area contributed by atoms with E-state index in [1.807, 2.05) is 13.8 Å². The monoisotopic (exact) mass is 416 g/mol. The fourth-order valence-electron chi connectivity index (χ4n) is 8.11. The summed E-state index contributed by atoms with van der Waals surface area (Å²) in [6.45, 7) is 8.17. The molecule has 30 heavy (non-hydrogen) atoms. The molecule has 0 amide bonds. The van der Waals surface area contributed by atoms with E-state index in [1.54, 1.807) is 0 Å². The third-order valence-corrected chi connectivity index (χ3v) is 10.0. The van der Waals surface area contributed by atoms with E-state index < -0.39 is 5.41 Å². The molecule has 0 aliphatic heterocycles. The van der Waals surface area contributed by atoms with Crippen LogP contribution in [0.3, 0.4) is 0 Å². The van der Waals surface area contributed by atoms with Crippen molar-refractivity contribution < 1.29 is 19.1 Å². The van der Waals surface area contributed by atoms with E-state index in [2.05, 4.69) is 13.8 Å². The first-order valence-electron chi connectivity index (χ1n) is 12.7. The molecule has 0 aromatic carbocycles. The van der Waals surface area contributed by atoms with Crippen LogP contribution in [0.25, 0.3) is 0 Å². The van der Waals surface area contributed by atoms with Gasteiger partial charge in [0.2, 0.25) is 0 Å². The molecule has 4 bridgehead atoms. The van der Waals surface area contributed by atoms with Crippen LogP contribution in [0.5, 0.6) is 0 Å². The summed E-state index contributed by atoms with van der Waals surface area (Å²) >= 11 is 0. The number of ether oxygens (including phenoxy) is 2. The first-order valence-corrected chi connectivity index (χ1v) is 12.7. The van der Waals surface area contributed by atoms with Gasteiger partial charge in [-0.1, -0.05) is 13.3 Å². The predicted molar refractivity (Wildman–Crippen MR) is 114 cm³/mol. The highest BCUT2D eigenvalue weighted by Crippen LogP contribution is 2.69. The number of carbonyl (C=O) groups excluding carboxylic acids is 2. The molecule has 0 N–H and O–H groups in total. The van der Waals surface area contributed by atoms with Gasteiger partial charge < -0.3 is 9.47 Å². The first kappa shape index (κ1) is 20.8. The summed E-state index contributed by atoms with van der Waals surface area (Å²) in [6.07, 6.45) is 11.0. The van der Waals surface area contributed by atoms with E-state index in [4.69, 9.17) is 9.47 Å². The molecule has 5 saturated carbocycles. The fraction of sp³-hybridized carbons (Fsp3) is 0.923. The Morgan fingerprint density at radius 2 is 1.60 bits per heavy atom. The minimum absolute atomic E-state index is 0.0385. The highest BCUT2D eigenvalue weighted by Gasteiger charge is 2.66. The molecular weight excluding hydrogens is 376 g/mol. The number of rotatable bonds is 5. The molecule has 0 aromatic rings.